The zero-order valence-electron chi connectivity index (χ0n) is 17.2. The standard InChI is InChI=1S/C18H16ClN4O.C4H7BO.V/c19-14-1-3-15(4-2-14)23-17-11-20-8-5-16(17)18(21-23)22-9-6-13(12-24)7-10-22;5-4-2-1-3-6-4;/h1-5,8,11,13H,6-7,9-10H2;4H,1-3H2;/q-1;;. The van der Waals surface area contributed by atoms with Gasteiger partial charge in [0.15, 0.2) is 5.82 Å². The van der Waals surface area contributed by atoms with E-state index in [9.17, 15) is 4.79 Å². The van der Waals surface area contributed by atoms with Gasteiger partial charge in [-0.25, -0.2) is 4.68 Å². The molecule has 2 fully saturated rings. The number of nitrogens with zero attached hydrogens (tertiary/aromatic N) is 4. The molecule has 3 radical (unpaired) electrons. The van der Waals surface area contributed by atoms with Gasteiger partial charge in [-0.1, -0.05) is 24.4 Å². The number of pyridine rings is 1. The van der Waals surface area contributed by atoms with E-state index in [1.54, 1.807) is 6.20 Å². The average molecular weight is 473 g/mol. The van der Waals surface area contributed by atoms with E-state index in [0.717, 1.165) is 67.8 Å². The minimum absolute atomic E-state index is 0. The molecule has 2 aliphatic rings. The Balaban J connectivity index is 0.000000338. The van der Waals surface area contributed by atoms with E-state index in [4.69, 9.17) is 29.3 Å². The Morgan fingerprint density at radius 1 is 1.13 bits per heavy atom. The Bertz CT molecular complexity index is 987. The van der Waals surface area contributed by atoms with Gasteiger partial charge in [0.1, 0.15) is 7.85 Å². The molecule has 2 aliphatic heterocycles. The second-order valence-electron chi connectivity index (χ2n) is 7.54. The summed E-state index contributed by atoms with van der Waals surface area (Å²) in [6.07, 6.45) is 9.56. The Kier molecular flexibility index (Phi) is 8.61. The maximum atomic E-state index is 10.8. The maximum Gasteiger partial charge on any atom is 0.159 e. The van der Waals surface area contributed by atoms with Crippen LogP contribution >= 0.6 is 11.6 Å². The fourth-order valence-corrected chi connectivity index (χ4v) is 3.90. The molecule has 0 bridgehead atoms. The van der Waals surface area contributed by atoms with Crippen molar-refractivity contribution in [2.45, 2.75) is 31.7 Å². The maximum absolute atomic E-state index is 10.8. The Morgan fingerprint density at radius 2 is 1.87 bits per heavy atom. The van der Waals surface area contributed by atoms with Crippen LogP contribution in [0.2, 0.25) is 5.02 Å². The van der Waals surface area contributed by atoms with Gasteiger partial charge in [0, 0.05) is 60.9 Å². The number of hydrogen-bond donors (Lipinski definition) is 0. The summed E-state index contributed by atoms with van der Waals surface area (Å²) < 4.78 is 6.83. The number of fused-ring (bicyclic) bond motifs is 1. The number of ether oxygens (including phenoxy) is 1. The molecular formula is C22H23BClN4O2V-. The first-order chi connectivity index (χ1) is 14.7. The van der Waals surface area contributed by atoms with Crippen molar-refractivity contribution in [3.8, 4) is 5.69 Å². The Hall–Kier alpha value is -1.79. The monoisotopic (exact) mass is 472 g/mol. The first-order valence-corrected chi connectivity index (χ1v) is 10.6. The van der Waals surface area contributed by atoms with Crippen molar-refractivity contribution < 1.29 is 28.1 Å². The summed E-state index contributed by atoms with van der Waals surface area (Å²) >= 11 is 5.99. The molecule has 31 heavy (non-hydrogen) atoms. The fourth-order valence-electron chi connectivity index (χ4n) is 3.77. The predicted octanol–water partition coefficient (Wildman–Crippen LogP) is 3.69. The topological polar surface area (TPSA) is 60.2 Å². The number of anilines is 1. The molecule has 6 nitrogen and oxygen atoms in total. The van der Waals surface area contributed by atoms with Gasteiger partial charge in [-0.15, -0.1) is 11.0 Å². The molecule has 4 heterocycles. The van der Waals surface area contributed by atoms with Crippen LogP contribution in [0.5, 0.6) is 0 Å². The summed E-state index contributed by atoms with van der Waals surface area (Å²) in [5, 5.41) is 6.58. The quantitative estimate of drug-likeness (QED) is 0.430. The van der Waals surface area contributed by atoms with Crippen molar-refractivity contribution in [2.24, 2.45) is 5.92 Å². The zero-order valence-corrected chi connectivity index (χ0v) is 19.3. The molecule has 2 saturated heterocycles. The third-order valence-corrected chi connectivity index (χ3v) is 5.71. The number of carbonyl (C=O) groups excluding carboxylic acids is 1. The summed E-state index contributed by atoms with van der Waals surface area (Å²) in [7, 11) is 5.31. The molecule has 0 aliphatic carbocycles. The van der Waals surface area contributed by atoms with E-state index >= 15 is 0 Å². The van der Waals surface area contributed by atoms with Crippen LogP contribution < -0.4 is 4.90 Å². The molecule has 0 spiro atoms. The van der Waals surface area contributed by atoms with Gasteiger partial charge in [-0.05, 0) is 43.2 Å². The van der Waals surface area contributed by atoms with Crippen LogP contribution in [-0.2, 0) is 28.1 Å². The number of hydrogen-bond acceptors (Lipinski definition) is 5. The first kappa shape index (κ1) is 23.9. The van der Waals surface area contributed by atoms with E-state index < -0.39 is 0 Å². The van der Waals surface area contributed by atoms with Crippen LogP contribution in [0.25, 0.3) is 16.6 Å². The fraction of sp³-hybridized carbons (Fsp3) is 0.409. The zero-order chi connectivity index (χ0) is 20.9. The van der Waals surface area contributed by atoms with Crippen LogP contribution in [0, 0.1) is 5.92 Å². The molecule has 0 amide bonds. The summed E-state index contributed by atoms with van der Waals surface area (Å²) in [4.78, 5) is 17.3. The number of rotatable bonds is 3. The third kappa shape index (κ3) is 5.72. The smallest absolute Gasteiger partial charge is 0.159 e. The molecular weight excluding hydrogens is 449 g/mol. The van der Waals surface area contributed by atoms with E-state index in [2.05, 4.69) is 16.2 Å². The minimum Gasteiger partial charge on any atom is -0.542 e. The molecule has 5 rings (SSSR count). The second kappa shape index (κ2) is 11.2. The summed E-state index contributed by atoms with van der Waals surface area (Å²) in [5.74, 6) is 0.985. The summed E-state index contributed by atoms with van der Waals surface area (Å²) in [6, 6.07) is 9.63. The molecule has 9 heteroatoms. The molecule has 3 aromatic rings. The molecule has 1 atom stereocenters. The van der Waals surface area contributed by atoms with Gasteiger partial charge in [-0.2, -0.15) is 0 Å². The molecule has 0 saturated carbocycles. The van der Waals surface area contributed by atoms with Crippen LogP contribution in [-0.4, -0.2) is 54.6 Å². The van der Waals surface area contributed by atoms with Crippen LogP contribution in [0.15, 0.2) is 42.7 Å². The van der Waals surface area contributed by atoms with Gasteiger partial charge in [0.05, 0.1) is 17.4 Å². The summed E-state index contributed by atoms with van der Waals surface area (Å²) in [6.45, 7) is 2.49. The van der Waals surface area contributed by atoms with Crippen LogP contribution in [0.3, 0.4) is 0 Å². The van der Waals surface area contributed by atoms with Gasteiger partial charge in [-0.3, -0.25) is 11.3 Å². The normalized spacial score (nSPS) is 18.9. The first-order valence-electron chi connectivity index (χ1n) is 10.2. The molecule has 0 N–H and O–H groups in total. The molecule has 1 aromatic carbocycles. The van der Waals surface area contributed by atoms with Crippen molar-refractivity contribution in [1.29, 1.82) is 0 Å². The minimum atomic E-state index is 0. The SMILES string of the molecule is O=[C-]C1CCN(c2nn(-c3ccc(Cl)cc3)c3cnccc23)CC1.[B]C1CCCO1.[V]. The Labute approximate surface area is 200 Å². The predicted molar refractivity (Wildman–Crippen MR) is 119 cm³/mol. The van der Waals surface area contributed by atoms with E-state index in [1.165, 1.54) is 0 Å². The van der Waals surface area contributed by atoms with E-state index in [-0.39, 0.29) is 30.5 Å². The van der Waals surface area contributed by atoms with Crippen molar-refractivity contribution in [2.75, 3.05) is 24.6 Å². The Morgan fingerprint density at radius 3 is 2.45 bits per heavy atom. The number of benzene rings is 1. The average Bonchev–Trinajstić information content (AvgIpc) is 3.42. The van der Waals surface area contributed by atoms with Gasteiger partial charge < -0.3 is 14.4 Å². The van der Waals surface area contributed by atoms with Crippen molar-refractivity contribution in [3.63, 3.8) is 0 Å². The van der Waals surface area contributed by atoms with Gasteiger partial charge >= 0.3 is 0 Å². The van der Waals surface area contributed by atoms with Gasteiger partial charge in [0.25, 0.3) is 0 Å². The molecule has 2 aromatic heterocycles. The van der Waals surface area contributed by atoms with Crippen LogP contribution in [0.1, 0.15) is 25.7 Å². The largest absolute Gasteiger partial charge is 0.542 e. The van der Waals surface area contributed by atoms with E-state index in [0.29, 0.717) is 5.02 Å². The summed E-state index contributed by atoms with van der Waals surface area (Å²) in [5.41, 5.74) is 1.90. The number of piperidine rings is 1. The van der Waals surface area contributed by atoms with E-state index in [1.807, 2.05) is 41.2 Å². The third-order valence-electron chi connectivity index (χ3n) is 5.46. The van der Waals surface area contributed by atoms with Crippen molar-refractivity contribution in [3.05, 3.63) is 47.7 Å². The second-order valence-corrected chi connectivity index (χ2v) is 7.97. The molecule has 159 valence electrons. The van der Waals surface area contributed by atoms with Crippen LogP contribution in [0.4, 0.5) is 5.82 Å². The van der Waals surface area contributed by atoms with Crippen molar-refractivity contribution in [1.82, 2.24) is 14.8 Å². The molecule has 1 unspecified atom stereocenters. The van der Waals surface area contributed by atoms with Crippen molar-refractivity contribution >= 4 is 42.5 Å². The number of aromatic nitrogens is 3. The van der Waals surface area contributed by atoms with Gasteiger partial charge in [0.2, 0.25) is 0 Å². The number of halogens is 1.